The summed E-state index contributed by atoms with van der Waals surface area (Å²) in [5, 5.41) is 0. The molecule has 0 atom stereocenters. The van der Waals surface area contributed by atoms with Crippen molar-refractivity contribution in [1.82, 2.24) is 4.90 Å². The van der Waals surface area contributed by atoms with Crippen molar-refractivity contribution in [3.8, 4) is 5.75 Å². The molecule has 2 aliphatic rings. The molecule has 31 heavy (non-hydrogen) atoms. The van der Waals surface area contributed by atoms with Gasteiger partial charge in [-0.3, -0.25) is 4.79 Å². The molecule has 0 aromatic heterocycles. The first-order valence-corrected chi connectivity index (χ1v) is 10.8. The van der Waals surface area contributed by atoms with Gasteiger partial charge in [0, 0.05) is 24.8 Å². The summed E-state index contributed by atoms with van der Waals surface area (Å²) in [5.74, 6) is -0.479. The molecule has 7 nitrogen and oxygen atoms in total. The van der Waals surface area contributed by atoms with E-state index in [0.717, 1.165) is 0 Å². The number of amides is 1. The van der Waals surface area contributed by atoms with E-state index in [2.05, 4.69) is 9.13 Å². The number of likely N-dealkylation sites (N-methyl/N-ethyl adjacent to an activating group) is 1. The van der Waals surface area contributed by atoms with Gasteiger partial charge in [0.15, 0.2) is 5.84 Å². The summed E-state index contributed by atoms with van der Waals surface area (Å²) in [6.45, 7) is 0.253. The molecule has 0 bridgehead atoms. The maximum atomic E-state index is 13.0. The van der Waals surface area contributed by atoms with E-state index in [1.54, 1.807) is 25.2 Å². The number of anilines is 1. The van der Waals surface area contributed by atoms with Gasteiger partial charge >= 0.3 is 6.36 Å². The standard InChI is InChI=1S/C20H18F3N3O4S/c1-25(19-15-6-2-3-7-17(15)31(28,29)24-19)12-18(27)26-10-4-5-13-11-14(8-9-16(13)26)30-20(21,22)23/h2-3,6-9,11H,4-5,10,12H2,1H3. The highest BCUT2D eigenvalue weighted by atomic mass is 32.2. The fourth-order valence-corrected chi connectivity index (χ4v) is 5.01. The molecule has 0 spiro atoms. The predicted molar refractivity (Wildman–Crippen MR) is 107 cm³/mol. The third-order valence-corrected chi connectivity index (χ3v) is 6.38. The molecule has 0 saturated heterocycles. The highest BCUT2D eigenvalue weighted by molar-refractivity contribution is 7.90. The summed E-state index contributed by atoms with van der Waals surface area (Å²) in [5.41, 5.74) is 1.52. The van der Waals surface area contributed by atoms with Gasteiger partial charge in [-0.1, -0.05) is 12.1 Å². The van der Waals surface area contributed by atoms with Crippen LogP contribution in [0.5, 0.6) is 5.75 Å². The van der Waals surface area contributed by atoms with Gasteiger partial charge < -0.3 is 14.5 Å². The zero-order chi connectivity index (χ0) is 22.4. The molecule has 1 amide bonds. The predicted octanol–water partition coefficient (Wildman–Crippen LogP) is 2.95. The summed E-state index contributed by atoms with van der Waals surface area (Å²) in [4.78, 5) is 16.0. The van der Waals surface area contributed by atoms with Gasteiger partial charge in [-0.2, -0.15) is 8.42 Å². The number of hydrogen-bond donors (Lipinski definition) is 0. The average molecular weight is 453 g/mol. The summed E-state index contributed by atoms with van der Waals surface area (Å²) >= 11 is 0. The number of fused-ring (bicyclic) bond motifs is 2. The first-order valence-electron chi connectivity index (χ1n) is 9.40. The normalized spacial score (nSPS) is 16.9. The Labute approximate surface area is 176 Å². The second kappa shape index (κ2) is 7.56. The summed E-state index contributed by atoms with van der Waals surface area (Å²) in [6, 6.07) is 10.3. The lowest BCUT2D eigenvalue weighted by atomic mass is 10.0. The van der Waals surface area contributed by atoms with Crippen molar-refractivity contribution in [3.63, 3.8) is 0 Å². The van der Waals surface area contributed by atoms with E-state index >= 15 is 0 Å². The zero-order valence-electron chi connectivity index (χ0n) is 16.4. The minimum absolute atomic E-state index is 0.0878. The average Bonchev–Trinajstić information content (AvgIpc) is 2.97. The van der Waals surface area contributed by atoms with Gasteiger partial charge in [-0.15, -0.1) is 17.6 Å². The van der Waals surface area contributed by atoms with Crippen molar-refractivity contribution in [2.45, 2.75) is 24.1 Å². The third kappa shape index (κ3) is 4.22. The molecule has 0 unspecified atom stereocenters. The Morgan fingerprint density at radius 3 is 2.71 bits per heavy atom. The number of nitrogens with zero attached hydrogens (tertiary/aromatic N) is 3. The number of amidine groups is 1. The van der Waals surface area contributed by atoms with Crippen LogP contribution in [0, 0.1) is 0 Å². The highest BCUT2D eigenvalue weighted by Gasteiger charge is 2.33. The van der Waals surface area contributed by atoms with Crippen LogP contribution < -0.4 is 9.64 Å². The van der Waals surface area contributed by atoms with Crippen LogP contribution in [0.2, 0.25) is 0 Å². The van der Waals surface area contributed by atoms with E-state index in [0.29, 0.717) is 36.2 Å². The lowest BCUT2D eigenvalue weighted by Gasteiger charge is -2.31. The van der Waals surface area contributed by atoms with Crippen LogP contribution in [0.3, 0.4) is 0 Å². The maximum absolute atomic E-state index is 13.0. The van der Waals surface area contributed by atoms with Crippen LogP contribution in [0.1, 0.15) is 17.5 Å². The second-order valence-corrected chi connectivity index (χ2v) is 8.80. The largest absolute Gasteiger partial charge is 0.573 e. The quantitative estimate of drug-likeness (QED) is 0.714. The Morgan fingerprint density at radius 2 is 1.97 bits per heavy atom. The van der Waals surface area contributed by atoms with Crippen LogP contribution in [0.25, 0.3) is 0 Å². The smallest absolute Gasteiger partial charge is 0.406 e. The number of halogens is 3. The number of hydrogen-bond acceptors (Lipinski definition) is 5. The minimum Gasteiger partial charge on any atom is -0.406 e. The highest BCUT2D eigenvalue weighted by Crippen LogP contribution is 2.33. The fraction of sp³-hybridized carbons (Fsp3) is 0.300. The number of carbonyl (C=O) groups is 1. The van der Waals surface area contributed by atoms with Gasteiger partial charge in [-0.05, 0) is 48.7 Å². The van der Waals surface area contributed by atoms with Crippen molar-refractivity contribution in [2.24, 2.45) is 4.40 Å². The number of sulfonamides is 1. The first-order chi connectivity index (χ1) is 14.5. The molecule has 164 valence electrons. The Balaban J connectivity index is 1.54. The summed E-state index contributed by atoms with van der Waals surface area (Å²) in [6.07, 6.45) is -3.70. The van der Waals surface area contributed by atoms with E-state index in [1.807, 2.05) is 0 Å². The molecule has 0 fully saturated rings. The monoisotopic (exact) mass is 453 g/mol. The lowest BCUT2D eigenvalue weighted by Crippen LogP contribution is -2.43. The molecule has 2 heterocycles. The summed E-state index contributed by atoms with van der Waals surface area (Å²) in [7, 11) is -2.24. The Bertz CT molecular complexity index is 1180. The topological polar surface area (TPSA) is 79.3 Å². The van der Waals surface area contributed by atoms with Crippen molar-refractivity contribution < 1.29 is 31.1 Å². The van der Waals surface area contributed by atoms with Crippen molar-refractivity contribution in [3.05, 3.63) is 53.6 Å². The molecule has 0 radical (unpaired) electrons. The minimum atomic E-state index is -4.79. The van der Waals surface area contributed by atoms with E-state index < -0.39 is 16.4 Å². The maximum Gasteiger partial charge on any atom is 0.573 e. The number of ether oxygens (including phenoxy) is 1. The van der Waals surface area contributed by atoms with Crippen molar-refractivity contribution in [1.29, 1.82) is 0 Å². The van der Waals surface area contributed by atoms with Crippen molar-refractivity contribution >= 4 is 27.5 Å². The van der Waals surface area contributed by atoms with E-state index in [1.165, 1.54) is 34.1 Å². The molecular formula is C20H18F3N3O4S. The zero-order valence-corrected chi connectivity index (χ0v) is 17.2. The number of aryl methyl sites for hydroxylation is 1. The third-order valence-electron chi connectivity index (χ3n) is 5.05. The van der Waals surface area contributed by atoms with Gasteiger partial charge in [0.2, 0.25) is 5.91 Å². The van der Waals surface area contributed by atoms with E-state index in [9.17, 15) is 26.4 Å². The Morgan fingerprint density at radius 1 is 1.23 bits per heavy atom. The molecule has 2 aromatic rings. The van der Waals surface area contributed by atoms with Crippen molar-refractivity contribution in [2.75, 3.05) is 25.0 Å². The van der Waals surface area contributed by atoms with Crippen LogP contribution in [0.4, 0.5) is 18.9 Å². The lowest BCUT2D eigenvalue weighted by molar-refractivity contribution is -0.274. The molecule has 0 aliphatic carbocycles. The van der Waals surface area contributed by atoms with Crippen LogP contribution in [0.15, 0.2) is 51.8 Å². The first kappa shape index (κ1) is 21.2. The Kier molecular flexibility index (Phi) is 5.16. The van der Waals surface area contributed by atoms with Gasteiger partial charge in [0.05, 0.1) is 6.54 Å². The SMILES string of the molecule is CN(CC(=O)N1CCCc2cc(OC(F)(F)F)ccc21)C1=NS(=O)(=O)c2ccccc21. The van der Waals surface area contributed by atoms with Gasteiger partial charge in [0.1, 0.15) is 10.6 Å². The summed E-state index contributed by atoms with van der Waals surface area (Å²) < 4.78 is 69.7. The van der Waals surface area contributed by atoms with Crippen LogP contribution in [-0.4, -0.2) is 51.6 Å². The molecule has 2 aromatic carbocycles. The Hall–Kier alpha value is -3.08. The number of carbonyl (C=O) groups excluding carboxylic acids is 1. The van der Waals surface area contributed by atoms with E-state index in [4.69, 9.17) is 0 Å². The van der Waals surface area contributed by atoms with Gasteiger partial charge in [-0.25, -0.2) is 0 Å². The number of rotatable bonds is 3. The molecule has 0 N–H and O–H groups in total. The van der Waals surface area contributed by atoms with Crippen LogP contribution >= 0.6 is 0 Å². The molecular weight excluding hydrogens is 435 g/mol. The van der Waals surface area contributed by atoms with E-state index in [-0.39, 0.29) is 28.9 Å². The molecule has 11 heteroatoms. The number of benzene rings is 2. The van der Waals surface area contributed by atoms with Crippen LogP contribution in [-0.2, 0) is 21.2 Å². The fourth-order valence-electron chi connectivity index (χ4n) is 3.76. The molecule has 0 saturated carbocycles. The second-order valence-electron chi connectivity index (χ2n) is 7.23. The van der Waals surface area contributed by atoms with Gasteiger partial charge in [0.25, 0.3) is 10.0 Å². The molecule has 4 rings (SSSR count). The number of alkyl halides is 3. The molecule has 2 aliphatic heterocycles.